The average molecular weight is 211 g/mol. The van der Waals surface area contributed by atoms with Crippen molar-refractivity contribution in [3.63, 3.8) is 0 Å². The van der Waals surface area contributed by atoms with Crippen LogP contribution in [0.1, 0.15) is 39.5 Å². The number of aliphatic hydroxyl groups is 1. The van der Waals surface area contributed by atoms with Crippen molar-refractivity contribution in [2.75, 3.05) is 13.2 Å². The minimum Gasteiger partial charge on any atom is -0.395 e. The van der Waals surface area contributed by atoms with Gasteiger partial charge in [0.1, 0.15) is 0 Å². The molecule has 0 radical (unpaired) electrons. The number of carbonyl (C=O) groups excluding carboxylic acids is 1. The van der Waals surface area contributed by atoms with Gasteiger partial charge in [0.05, 0.1) is 6.61 Å². The van der Waals surface area contributed by atoms with Gasteiger partial charge in [-0.3, -0.25) is 4.79 Å². The van der Waals surface area contributed by atoms with Crippen LogP contribution < -0.4 is 0 Å². The summed E-state index contributed by atoms with van der Waals surface area (Å²) in [6.07, 6.45) is 5.34. The molecule has 0 fully saturated rings. The lowest BCUT2D eigenvalue weighted by atomic mass is 10.1. The normalized spacial score (nSPS) is 16.0. The Morgan fingerprint density at radius 3 is 2.47 bits per heavy atom. The second kappa shape index (κ2) is 5.91. The maximum Gasteiger partial charge on any atom is 0.157 e. The van der Waals surface area contributed by atoms with E-state index >= 15 is 0 Å². The third kappa shape index (κ3) is 3.06. The Morgan fingerprint density at radius 1 is 1.40 bits per heavy atom. The summed E-state index contributed by atoms with van der Waals surface area (Å²) in [5.41, 5.74) is 1.11. The van der Waals surface area contributed by atoms with Crippen LogP contribution in [0.25, 0.3) is 0 Å². The molecule has 3 nitrogen and oxygen atoms in total. The van der Waals surface area contributed by atoms with Crippen molar-refractivity contribution in [2.24, 2.45) is 0 Å². The van der Waals surface area contributed by atoms with Crippen LogP contribution in [-0.4, -0.2) is 35.0 Å². The number of hydrogen-bond donors (Lipinski definition) is 1. The minimum absolute atomic E-state index is 0.155. The van der Waals surface area contributed by atoms with Gasteiger partial charge in [-0.15, -0.1) is 0 Å². The number of aliphatic hydroxyl groups excluding tert-OH is 1. The Kier molecular flexibility index (Phi) is 4.82. The van der Waals surface area contributed by atoms with Crippen LogP contribution in [0.3, 0.4) is 0 Å². The molecule has 0 spiro atoms. The van der Waals surface area contributed by atoms with E-state index in [4.69, 9.17) is 5.11 Å². The van der Waals surface area contributed by atoms with Crippen LogP contribution in [0, 0.1) is 0 Å². The molecule has 1 N–H and O–H groups in total. The van der Waals surface area contributed by atoms with Gasteiger partial charge in [0, 0.05) is 30.8 Å². The molecule has 0 bridgehead atoms. The molecule has 1 rings (SSSR count). The Bertz CT molecular complexity index is 244. The molecule has 1 aliphatic rings. The monoisotopic (exact) mass is 211 g/mol. The zero-order valence-electron chi connectivity index (χ0n) is 9.70. The standard InChI is InChI=1S/C12H21NO2/c1-3-10(4-2)13(7-8-14)11-5-6-12(15)9-11/h9-10,14H,3-8H2,1-2H3. The summed E-state index contributed by atoms with van der Waals surface area (Å²) in [5, 5.41) is 9.05. The van der Waals surface area contributed by atoms with E-state index in [0.717, 1.165) is 25.0 Å². The van der Waals surface area contributed by atoms with Crippen LogP contribution in [0.4, 0.5) is 0 Å². The lowest BCUT2D eigenvalue weighted by molar-refractivity contribution is -0.114. The van der Waals surface area contributed by atoms with Gasteiger partial charge >= 0.3 is 0 Å². The quantitative estimate of drug-likeness (QED) is 0.727. The highest BCUT2D eigenvalue weighted by Gasteiger charge is 2.22. The van der Waals surface area contributed by atoms with Crippen LogP contribution in [0.2, 0.25) is 0 Å². The molecule has 0 aromatic carbocycles. The highest BCUT2D eigenvalue weighted by Crippen LogP contribution is 2.23. The molecule has 0 aromatic heterocycles. The average Bonchev–Trinajstić information content (AvgIpc) is 2.65. The molecule has 0 atom stereocenters. The summed E-state index contributed by atoms with van der Waals surface area (Å²) >= 11 is 0. The highest BCUT2D eigenvalue weighted by molar-refractivity contribution is 5.92. The van der Waals surface area contributed by atoms with Crippen molar-refractivity contribution in [3.8, 4) is 0 Å². The van der Waals surface area contributed by atoms with E-state index in [9.17, 15) is 4.79 Å². The van der Waals surface area contributed by atoms with Gasteiger partial charge in [-0.25, -0.2) is 0 Å². The third-order valence-electron chi connectivity index (χ3n) is 3.05. The summed E-state index contributed by atoms with van der Waals surface area (Å²) in [4.78, 5) is 13.4. The molecule has 86 valence electrons. The predicted molar refractivity (Wildman–Crippen MR) is 60.5 cm³/mol. The molecule has 0 unspecified atom stereocenters. The first kappa shape index (κ1) is 12.2. The second-order valence-corrected chi connectivity index (χ2v) is 3.99. The van der Waals surface area contributed by atoms with Gasteiger partial charge in [0.2, 0.25) is 0 Å². The first-order valence-electron chi connectivity index (χ1n) is 5.83. The maximum absolute atomic E-state index is 11.2. The summed E-state index contributed by atoms with van der Waals surface area (Å²) in [7, 11) is 0. The van der Waals surface area contributed by atoms with E-state index in [-0.39, 0.29) is 12.4 Å². The summed E-state index contributed by atoms with van der Waals surface area (Å²) < 4.78 is 0. The van der Waals surface area contributed by atoms with E-state index in [1.165, 1.54) is 0 Å². The molecule has 0 saturated carbocycles. The molecular weight excluding hydrogens is 190 g/mol. The van der Waals surface area contributed by atoms with E-state index < -0.39 is 0 Å². The molecule has 0 amide bonds. The Morgan fingerprint density at radius 2 is 2.07 bits per heavy atom. The summed E-state index contributed by atoms with van der Waals surface area (Å²) in [5.74, 6) is 0.221. The maximum atomic E-state index is 11.2. The second-order valence-electron chi connectivity index (χ2n) is 3.99. The number of nitrogens with zero attached hydrogens (tertiary/aromatic N) is 1. The van der Waals surface area contributed by atoms with E-state index in [0.29, 0.717) is 19.0 Å². The van der Waals surface area contributed by atoms with Crippen molar-refractivity contribution in [1.82, 2.24) is 4.90 Å². The number of ketones is 1. The van der Waals surface area contributed by atoms with Gasteiger partial charge in [-0.2, -0.15) is 0 Å². The van der Waals surface area contributed by atoms with Crippen molar-refractivity contribution < 1.29 is 9.90 Å². The summed E-state index contributed by atoms with van der Waals surface area (Å²) in [6.45, 7) is 5.10. The van der Waals surface area contributed by atoms with Gasteiger partial charge in [0.15, 0.2) is 5.78 Å². The number of carbonyl (C=O) groups is 1. The fourth-order valence-electron chi connectivity index (χ4n) is 2.21. The van der Waals surface area contributed by atoms with Gasteiger partial charge in [0.25, 0.3) is 0 Å². The van der Waals surface area contributed by atoms with Crippen LogP contribution in [0.5, 0.6) is 0 Å². The van der Waals surface area contributed by atoms with Crippen molar-refractivity contribution in [2.45, 2.75) is 45.6 Å². The molecule has 0 aromatic rings. The van der Waals surface area contributed by atoms with E-state index in [1.54, 1.807) is 6.08 Å². The summed E-state index contributed by atoms with van der Waals surface area (Å²) in [6, 6.07) is 0.453. The third-order valence-corrected chi connectivity index (χ3v) is 3.05. The highest BCUT2D eigenvalue weighted by atomic mass is 16.3. The number of hydrogen-bond acceptors (Lipinski definition) is 3. The van der Waals surface area contributed by atoms with Crippen LogP contribution in [0.15, 0.2) is 11.8 Å². The van der Waals surface area contributed by atoms with Crippen LogP contribution >= 0.6 is 0 Å². The van der Waals surface area contributed by atoms with Crippen molar-refractivity contribution in [1.29, 1.82) is 0 Å². The molecule has 0 saturated heterocycles. The SMILES string of the molecule is CCC(CC)N(CCO)C1=CC(=O)CC1. The Labute approximate surface area is 91.8 Å². The van der Waals surface area contributed by atoms with Crippen molar-refractivity contribution in [3.05, 3.63) is 11.8 Å². The zero-order valence-corrected chi connectivity index (χ0v) is 9.70. The first-order valence-corrected chi connectivity index (χ1v) is 5.83. The van der Waals surface area contributed by atoms with Crippen molar-refractivity contribution >= 4 is 5.78 Å². The lowest BCUT2D eigenvalue weighted by Crippen LogP contribution is -2.35. The predicted octanol–water partition coefficient (Wildman–Crippen LogP) is 1.72. The molecule has 1 aliphatic carbocycles. The van der Waals surface area contributed by atoms with Crippen LogP contribution in [-0.2, 0) is 4.79 Å². The molecule has 0 aliphatic heterocycles. The Balaban J connectivity index is 2.72. The fraction of sp³-hybridized carbons (Fsp3) is 0.750. The van der Waals surface area contributed by atoms with Gasteiger partial charge in [-0.1, -0.05) is 13.8 Å². The molecule has 3 heteroatoms. The largest absolute Gasteiger partial charge is 0.395 e. The van der Waals surface area contributed by atoms with E-state index in [1.807, 2.05) is 0 Å². The van der Waals surface area contributed by atoms with E-state index in [2.05, 4.69) is 18.7 Å². The molecule has 15 heavy (non-hydrogen) atoms. The topological polar surface area (TPSA) is 40.5 Å². The molecule has 0 heterocycles. The number of allylic oxidation sites excluding steroid dienone is 2. The number of rotatable bonds is 6. The minimum atomic E-state index is 0.155. The lowest BCUT2D eigenvalue weighted by Gasteiger charge is -2.33. The Hall–Kier alpha value is -0.830. The zero-order chi connectivity index (χ0) is 11.3. The fourth-order valence-corrected chi connectivity index (χ4v) is 2.21. The van der Waals surface area contributed by atoms with Gasteiger partial charge in [-0.05, 0) is 19.3 Å². The first-order chi connectivity index (χ1) is 7.22. The van der Waals surface area contributed by atoms with Gasteiger partial charge < -0.3 is 10.0 Å². The molecular formula is C12H21NO2. The smallest absolute Gasteiger partial charge is 0.157 e.